The van der Waals surface area contributed by atoms with Crippen molar-refractivity contribution in [3.8, 4) is 0 Å². The first-order valence-corrected chi connectivity index (χ1v) is 9.76. The Labute approximate surface area is 151 Å². The molecule has 0 bridgehead atoms. The molecule has 0 spiro atoms. The summed E-state index contributed by atoms with van der Waals surface area (Å²) in [4.78, 5) is 23.7. The molecule has 2 heterocycles. The maximum atomic E-state index is 12.9. The molecule has 25 heavy (non-hydrogen) atoms. The third kappa shape index (κ3) is 4.50. The summed E-state index contributed by atoms with van der Waals surface area (Å²) in [5, 5.41) is 3.42. The molecule has 3 rings (SSSR count). The molecule has 1 saturated heterocycles. The molecule has 5 heteroatoms. The average Bonchev–Trinajstić information content (AvgIpc) is 2.62. The van der Waals surface area contributed by atoms with Crippen LogP contribution in [-0.2, 0) is 4.79 Å². The summed E-state index contributed by atoms with van der Waals surface area (Å²) in [6, 6.07) is 0.327. The highest BCUT2D eigenvalue weighted by Gasteiger charge is 2.36. The second-order valence-electron chi connectivity index (χ2n) is 8.72. The van der Waals surface area contributed by atoms with Crippen molar-refractivity contribution in [3.63, 3.8) is 0 Å². The monoisotopic (exact) mass is 344 g/mol. The molecule has 1 aromatic heterocycles. The van der Waals surface area contributed by atoms with E-state index in [-0.39, 0.29) is 17.2 Å². The third-order valence-electron chi connectivity index (χ3n) is 5.87. The first-order valence-electron chi connectivity index (χ1n) is 9.76. The van der Waals surface area contributed by atoms with E-state index in [0.29, 0.717) is 12.0 Å². The van der Waals surface area contributed by atoms with Crippen LogP contribution in [0.15, 0.2) is 18.6 Å². The molecule has 1 N–H and O–H groups in total. The average molecular weight is 345 g/mol. The minimum Gasteiger partial charge on any atom is -0.355 e. The van der Waals surface area contributed by atoms with Crippen LogP contribution in [0, 0.1) is 17.3 Å². The Morgan fingerprint density at radius 1 is 1.16 bits per heavy atom. The van der Waals surface area contributed by atoms with Crippen LogP contribution in [0.1, 0.15) is 59.3 Å². The molecular weight excluding hydrogens is 312 g/mol. The zero-order valence-corrected chi connectivity index (χ0v) is 15.9. The smallest absolute Gasteiger partial charge is 0.225 e. The number of carbonyl (C=O) groups is 1. The maximum absolute atomic E-state index is 12.9. The summed E-state index contributed by atoms with van der Waals surface area (Å²) in [5.74, 6) is 1.74. The van der Waals surface area contributed by atoms with Crippen LogP contribution >= 0.6 is 0 Å². The predicted molar refractivity (Wildman–Crippen MR) is 100 cm³/mol. The summed E-state index contributed by atoms with van der Waals surface area (Å²) in [6.07, 6.45) is 12.1. The fraction of sp³-hybridized carbons (Fsp3) is 0.750. The van der Waals surface area contributed by atoms with Gasteiger partial charge < -0.3 is 10.2 Å². The predicted octanol–water partition coefficient (Wildman–Crippen LogP) is 3.41. The van der Waals surface area contributed by atoms with Gasteiger partial charge in [0, 0.05) is 31.5 Å². The number of carbonyl (C=O) groups excluding carboxylic acids is 1. The Bertz CT molecular complexity index is 569. The fourth-order valence-electron chi connectivity index (χ4n) is 4.49. The summed E-state index contributed by atoms with van der Waals surface area (Å²) >= 11 is 0. The molecule has 5 nitrogen and oxygen atoms in total. The van der Waals surface area contributed by atoms with E-state index in [4.69, 9.17) is 0 Å². The van der Waals surface area contributed by atoms with Gasteiger partial charge in [-0.3, -0.25) is 9.78 Å². The second kappa shape index (κ2) is 7.71. The van der Waals surface area contributed by atoms with Crippen molar-refractivity contribution in [2.75, 3.05) is 18.0 Å². The number of rotatable bonds is 3. The van der Waals surface area contributed by atoms with Crippen LogP contribution in [0.5, 0.6) is 0 Å². The van der Waals surface area contributed by atoms with Gasteiger partial charge in [0.25, 0.3) is 0 Å². The quantitative estimate of drug-likeness (QED) is 0.913. The van der Waals surface area contributed by atoms with E-state index in [0.717, 1.165) is 38.2 Å². The zero-order chi connectivity index (χ0) is 17.9. The molecule has 1 aliphatic carbocycles. The Morgan fingerprint density at radius 2 is 1.96 bits per heavy atom. The number of piperidine rings is 1. The molecule has 2 fully saturated rings. The fourth-order valence-corrected chi connectivity index (χ4v) is 4.49. The van der Waals surface area contributed by atoms with Gasteiger partial charge in [0.1, 0.15) is 5.82 Å². The van der Waals surface area contributed by atoms with Crippen LogP contribution in [0.3, 0.4) is 0 Å². The topological polar surface area (TPSA) is 58.1 Å². The van der Waals surface area contributed by atoms with Gasteiger partial charge in [-0.15, -0.1) is 0 Å². The Morgan fingerprint density at radius 3 is 2.68 bits per heavy atom. The van der Waals surface area contributed by atoms with Crippen molar-refractivity contribution in [2.24, 2.45) is 17.3 Å². The molecule has 0 aromatic carbocycles. The van der Waals surface area contributed by atoms with E-state index in [2.05, 4.69) is 41.0 Å². The van der Waals surface area contributed by atoms with Crippen LogP contribution < -0.4 is 10.2 Å². The standard InChI is InChI=1S/C20H32N4O/c1-20(2,3)16-8-4-5-9-17(16)23-19(25)15-7-6-12-24(14-15)18-13-21-10-11-22-18/h10-11,13,15-17H,4-9,12,14H2,1-3H3,(H,23,25)/t15-,16-,17+/m1/s1. The number of amides is 1. The van der Waals surface area contributed by atoms with Crippen molar-refractivity contribution >= 4 is 11.7 Å². The number of hydrogen-bond donors (Lipinski definition) is 1. The van der Waals surface area contributed by atoms with Crippen molar-refractivity contribution < 1.29 is 4.79 Å². The summed E-state index contributed by atoms with van der Waals surface area (Å²) < 4.78 is 0. The summed E-state index contributed by atoms with van der Waals surface area (Å²) in [6.45, 7) is 8.61. The van der Waals surface area contributed by atoms with Gasteiger partial charge in [0.2, 0.25) is 5.91 Å². The molecular formula is C20H32N4O. The molecule has 3 atom stereocenters. The van der Waals surface area contributed by atoms with E-state index in [1.54, 1.807) is 18.6 Å². The van der Waals surface area contributed by atoms with Crippen molar-refractivity contribution in [1.82, 2.24) is 15.3 Å². The molecule has 2 aliphatic rings. The maximum Gasteiger partial charge on any atom is 0.225 e. The molecule has 1 amide bonds. The highest BCUT2D eigenvalue weighted by atomic mass is 16.2. The third-order valence-corrected chi connectivity index (χ3v) is 5.87. The lowest BCUT2D eigenvalue weighted by molar-refractivity contribution is -0.127. The normalized spacial score (nSPS) is 27.8. The lowest BCUT2D eigenvalue weighted by Crippen LogP contribution is -2.51. The number of hydrogen-bond acceptors (Lipinski definition) is 4. The molecule has 1 aliphatic heterocycles. The first kappa shape index (κ1) is 18.2. The molecule has 1 saturated carbocycles. The van der Waals surface area contributed by atoms with Crippen LogP contribution in [0.25, 0.3) is 0 Å². The number of nitrogens with zero attached hydrogens (tertiary/aromatic N) is 3. The number of nitrogens with one attached hydrogen (secondary N) is 1. The summed E-state index contributed by atoms with van der Waals surface area (Å²) in [5.41, 5.74) is 0.247. The zero-order valence-electron chi connectivity index (χ0n) is 15.9. The van der Waals surface area contributed by atoms with E-state index in [1.165, 1.54) is 19.3 Å². The van der Waals surface area contributed by atoms with Gasteiger partial charge in [-0.1, -0.05) is 33.6 Å². The van der Waals surface area contributed by atoms with Crippen LogP contribution in [0.4, 0.5) is 5.82 Å². The van der Waals surface area contributed by atoms with Crippen LogP contribution in [-0.4, -0.2) is 35.0 Å². The molecule has 1 aromatic rings. The van der Waals surface area contributed by atoms with Gasteiger partial charge in [-0.2, -0.15) is 0 Å². The first-order chi connectivity index (χ1) is 11.9. The van der Waals surface area contributed by atoms with Gasteiger partial charge in [-0.05, 0) is 37.0 Å². The number of anilines is 1. The Balaban J connectivity index is 1.62. The van der Waals surface area contributed by atoms with E-state index >= 15 is 0 Å². The molecule has 0 radical (unpaired) electrons. The van der Waals surface area contributed by atoms with E-state index < -0.39 is 0 Å². The van der Waals surface area contributed by atoms with Crippen molar-refractivity contribution in [2.45, 2.75) is 65.3 Å². The Kier molecular flexibility index (Phi) is 5.60. The Hall–Kier alpha value is -1.65. The van der Waals surface area contributed by atoms with Gasteiger partial charge in [0.05, 0.1) is 12.1 Å². The molecule has 0 unspecified atom stereocenters. The van der Waals surface area contributed by atoms with Gasteiger partial charge >= 0.3 is 0 Å². The van der Waals surface area contributed by atoms with Crippen molar-refractivity contribution in [3.05, 3.63) is 18.6 Å². The van der Waals surface area contributed by atoms with Gasteiger partial charge in [0.15, 0.2) is 0 Å². The lowest BCUT2D eigenvalue weighted by atomic mass is 9.69. The highest BCUT2D eigenvalue weighted by molar-refractivity contribution is 5.80. The van der Waals surface area contributed by atoms with Gasteiger partial charge in [-0.25, -0.2) is 4.98 Å². The highest BCUT2D eigenvalue weighted by Crippen LogP contribution is 2.38. The minimum absolute atomic E-state index is 0.0540. The van der Waals surface area contributed by atoms with Crippen molar-refractivity contribution in [1.29, 1.82) is 0 Å². The van der Waals surface area contributed by atoms with E-state index in [9.17, 15) is 4.79 Å². The van der Waals surface area contributed by atoms with E-state index in [1.807, 2.05) is 0 Å². The largest absolute Gasteiger partial charge is 0.355 e. The molecule has 138 valence electrons. The SMILES string of the molecule is CC(C)(C)[C@@H]1CCCC[C@@H]1NC(=O)[C@@H]1CCCN(c2cnccn2)C1. The minimum atomic E-state index is 0.0540. The second-order valence-corrected chi connectivity index (χ2v) is 8.72. The number of aromatic nitrogens is 2. The summed E-state index contributed by atoms with van der Waals surface area (Å²) in [7, 11) is 0. The lowest BCUT2D eigenvalue weighted by Gasteiger charge is -2.42. The van der Waals surface area contributed by atoms with Crippen LogP contribution in [0.2, 0.25) is 0 Å².